The summed E-state index contributed by atoms with van der Waals surface area (Å²) in [6, 6.07) is 0. The fourth-order valence-corrected chi connectivity index (χ4v) is 6.33. The van der Waals surface area contributed by atoms with Gasteiger partial charge < -0.3 is 0 Å². The van der Waals surface area contributed by atoms with E-state index >= 15 is 0 Å². The van der Waals surface area contributed by atoms with Crippen molar-refractivity contribution in [3.8, 4) is 0 Å². The zero-order valence-electron chi connectivity index (χ0n) is 13.3. The van der Waals surface area contributed by atoms with Crippen LogP contribution in [0, 0.1) is 28.6 Å². The summed E-state index contributed by atoms with van der Waals surface area (Å²) in [4.78, 5) is 24.1. The molecule has 4 aliphatic carbocycles. The molecular weight excluding hydrogens is 260 g/mol. The number of hydrogen-bond donors (Lipinski definition) is 0. The summed E-state index contributed by atoms with van der Waals surface area (Å²) in [5.41, 5.74) is 1.64. The monoisotopic (exact) mass is 286 g/mol. The Hall–Kier alpha value is -0.920. The van der Waals surface area contributed by atoms with E-state index in [2.05, 4.69) is 13.8 Å². The van der Waals surface area contributed by atoms with Crippen molar-refractivity contribution in [2.45, 2.75) is 65.2 Å². The highest BCUT2D eigenvalue weighted by Gasteiger charge is 2.58. The Kier molecular flexibility index (Phi) is 2.81. The van der Waals surface area contributed by atoms with E-state index < -0.39 is 0 Å². The van der Waals surface area contributed by atoms with Crippen molar-refractivity contribution in [2.75, 3.05) is 0 Å². The summed E-state index contributed by atoms with van der Waals surface area (Å²) >= 11 is 0. The van der Waals surface area contributed by atoms with Crippen LogP contribution in [0.15, 0.2) is 11.6 Å². The molecule has 4 rings (SSSR count). The molecule has 4 aliphatic rings. The number of fused-ring (bicyclic) bond motifs is 5. The zero-order chi connectivity index (χ0) is 14.8. The molecule has 0 bridgehead atoms. The van der Waals surface area contributed by atoms with E-state index in [0.29, 0.717) is 29.3 Å². The van der Waals surface area contributed by atoms with E-state index in [-0.39, 0.29) is 10.8 Å². The van der Waals surface area contributed by atoms with Crippen molar-refractivity contribution in [1.82, 2.24) is 0 Å². The highest BCUT2D eigenvalue weighted by Crippen LogP contribution is 2.64. The number of hydrogen-bond acceptors (Lipinski definition) is 2. The first kappa shape index (κ1) is 13.7. The first-order chi connectivity index (χ1) is 9.95. The van der Waals surface area contributed by atoms with Crippen molar-refractivity contribution in [2.24, 2.45) is 28.6 Å². The van der Waals surface area contributed by atoms with Crippen LogP contribution in [0.2, 0.25) is 0 Å². The van der Waals surface area contributed by atoms with Crippen molar-refractivity contribution in [3.63, 3.8) is 0 Å². The molecule has 0 saturated heterocycles. The number of carbonyl (C=O) groups excluding carboxylic acids is 2. The molecule has 0 heterocycles. The van der Waals surface area contributed by atoms with Crippen LogP contribution in [-0.2, 0) is 9.59 Å². The Bertz CT molecular complexity index is 546. The van der Waals surface area contributed by atoms with Crippen LogP contribution in [0.5, 0.6) is 0 Å². The highest BCUT2D eigenvalue weighted by atomic mass is 16.1. The van der Waals surface area contributed by atoms with Gasteiger partial charge in [0, 0.05) is 18.3 Å². The third-order valence-electron chi connectivity index (χ3n) is 7.67. The van der Waals surface area contributed by atoms with Gasteiger partial charge in [0.15, 0.2) is 5.78 Å². The largest absolute Gasteiger partial charge is 0.299 e. The van der Waals surface area contributed by atoms with Gasteiger partial charge in [-0.3, -0.25) is 9.59 Å². The quantitative estimate of drug-likeness (QED) is 0.672. The molecule has 0 spiro atoms. The maximum atomic E-state index is 12.4. The smallest absolute Gasteiger partial charge is 0.155 e. The lowest BCUT2D eigenvalue weighted by molar-refractivity contribution is -0.132. The van der Waals surface area contributed by atoms with E-state index in [4.69, 9.17) is 0 Å². The Morgan fingerprint density at radius 3 is 2.48 bits per heavy atom. The van der Waals surface area contributed by atoms with Crippen LogP contribution in [0.4, 0.5) is 0 Å². The lowest BCUT2D eigenvalue weighted by Gasteiger charge is -2.56. The maximum absolute atomic E-state index is 12.4. The molecule has 3 fully saturated rings. The summed E-state index contributed by atoms with van der Waals surface area (Å²) in [6.45, 7) is 4.64. The van der Waals surface area contributed by atoms with Crippen LogP contribution in [0.1, 0.15) is 65.2 Å². The van der Waals surface area contributed by atoms with Gasteiger partial charge in [-0.1, -0.05) is 19.4 Å². The molecule has 2 nitrogen and oxygen atoms in total. The highest BCUT2D eigenvalue weighted by molar-refractivity contribution is 5.91. The van der Waals surface area contributed by atoms with E-state index in [1.54, 1.807) is 0 Å². The lowest BCUT2D eigenvalue weighted by Crippen LogP contribution is -2.50. The van der Waals surface area contributed by atoms with E-state index in [1.807, 2.05) is 6.08 Å². The molecular formula is C19H26O2. The van der Waals surface area contributed by atoms with E-state index in [9.17, 15) is 9.59 Å². The predicted octanol–water partition coefficient (Wildman–Crippen LogP) is 4.09. The molecule has 0 aromatic carbocycles. The average molecular weight is 286 g/mol. The Morgan fingerprint density at radius 2 is 1.67 bits per heavy atom. The molecule has 0 aromatic heterocycles. The predicted molar refractivity (Wildman–Crippen MR) is 81.7 cm³/mol. The SMILES string of the molecule is C[C@@]12CC[C@H]3[C@@H](CCC4=CC(=O)CC[C@@]43C)[C@@H]1CCC2=O. The van der Waals surface area contributed by atoms with Gasteiger partial charge in [-0.2, -0.15) is 0 Å². The molecule has 114 valence electrons. The van der Waals surface area contributed by atoms with E-state index in [1.165, 1.54) is 18.4 Å². The van der Waals surface area contributed by atoms with Crippen molar-refractivity contribution >= 4 is 11.6 Å². The molecule has 2 heteroatoms. The summed E-state index contributed by atoms with van der Waals surface area (Å²) in [6.07, 6.45) is 10.2. The van der Waals surface area contributed by atoms with Gasteiger partial charge >= 0.3 is 0 Å². The first-order valence-corrected chi connectivity index (χ1v) is 8.72. The molecule has 0 aliphatic heterocycles. The number of Topliss-reactive ketones (excluding diaryl/α,β-unsaturated/α-hetero) is 1. The van der Waals surface area contributed by atoms with Crippen molar-refractivity contribution in [3.05, 3.63) is 11.6 Å². The zero-order valence-corrected chi connectivity index (χ0v) is 13.3. The number of ketones is 2. The third kappa shape index (κ3) is 1.71. The third-order valence-corrected chi connectivity index (χ3v) is 7.67. The van der Waals surface area contributed by atoms with Gasteiger partial charge in [0.2, 0.25) is 0 Å². The maximum Gasteiger partial charge on any atom is 0.155 e. The topological polar surface area (TPSA) is 34.1 Å². The molecule has 0 amide bonds. The van der Waals surface area contributed by atoms with Crippen LogP contribution in [0.3, 0.4) is 0 Å². The lowest BCUT2D eigenvalue weighted by atomic mass is 9.47. The van der Waals surface area contributed by atoms with Crippen LogP contribution in [-0.4, -0.2) is 11.6 Å². The van der Waals surface area contributed by atoms with Crippen LogP contribution >= 0.6 is 0 Å². The Labute approximate surface area is 127 Å². The molecule has 0 radical (unpaired) electrons. The van der Waals surface area contributed by atoms with Crippen LogP contribution < -0.4 is 0 Å². The van der Waals surface area contributed by atoms with Gasteiger partial charge in [-0.05, 0) is 67.8 Å². The number of carbonyl (C=O) groups is 2. The minimum absolute atomic E-state index is 0.0246. The molecule has 0 aromatic rings. The second-order valence-corrected chi connectivity index (χ2v) is 8.39. The van der Waals surface area contributed by atoms with Gasteiger partial charge in [0.1, 0.15) is 5.78 Å². The Balaban J connectivity index is 1.70. The summed E-state index contributed by atoms with van der Waals surface area (Å²) < 4.78 is 0. The summed E-state index contributed by atoms with van der Waals surface area (Å²) in [7, 11) is 0. The molecule has 0 N–H and O–H groups in total. The van der Waals surface area contributed by atoms with Crippen molar-refractivity contribution < 1.29 is 9.59 Å². The van der Waals surface area contributed by atoms with E-state index in [0.717, 1.165) is 38.5 Å². The van der Waals surface area contributed by atoms with Gasteiger partial charge in [-0.25, -0.2) is 0 Å². The van der Waals surface area contributed by atoms with Gasteiger partial charge in [0.25, 0.3) is 0 Å². The standard InChI is InChI=1S/C19H26O2/c1-18-9-7-13(20)11-12(18)3-4-14-15-5-6-17(21)19(15,2)10-8-16(14)18/h11,14-16H,3-10H2,1-2H3/t14-,15-,16-,18-,19+/m0/s1. The normalized spacial score (nSPS) is 49.2. The molecule has 21 heavy (non-hydrogen) atoms. The molecule has 0 unspecified atom stereocenters. The fourth-order valence-electron chi connectivity index (χ4n) is 6.33. The number of allylic oxidation sites excluding steroid dienone is 1. The second-order valence-electron chi connectivity index (χ2n) is 8.39. The molecule has 5 atom stereocenters. The second kappa shape index (κ2) is 4.30. The fraction of sp³-hybridized carbons (Fsp3) is 0.789. The molecule has 3 saturated carbocycles. The summed E-state index contributed by atoms with van der Waals surface area (Å²) in [5.74, 6) is 2.88. The van der Waals surface area contributed by atoms with Gasteiger partial charge in [0.05, 0.1) is 0 Å². The average Bonchev–Trinajstić information content (AvgIpc) is 2.76. The van der Waals surface area contributed by atoms with Crippen LogP contribution in [0.25, 0.3) is 0 Å². The Morgan fingerprint density at radius 1 is 0.905 bits per heavy atom. The minimum Gasteiger partial charge on any atom is -0.299 e. The number of rotatable bonds is 0. The minimum atomic E-state index is -0.0246. The first-order valence-electron chi connectivity index (χ1n) is 8.72. The van der Waals surface area contributed by atoms with Gasteiger partial charge in [-0.15, -0.1) is 0 Å². The summed E-state index contributed by atoms with van der Waals surface area (Å²) in [5, 5.41) is 0. The van der Waals surface area contributed by atoms with Crippen molar-refractivity contribution in [1.29, 1.82) is 0 Å².